The monoisotopic (exact) mass is 371 g/mol. The Hall–Kier alpha value is -2.34. The summed E-state index contributed by atoms with van der Waals surface area (Å²) >= 11 is 0. The predicted molar refractivity (Wildman–Crippen MR) is 105 cm³/mol. The van der Waals surface area contributed by atoms with Crippen LogP contribution in [-0.4, -0.2) is 54.0 Å². The minimum absolute atomic E-state index is 0.118. The quantitative estimate of drug-likeness (QED) is 0.807. The molecule has 3 rings (SSSR count). The number of methoxy groups -OCH3 is 1. The van der Waals surface area contributed by atoms with Crippen LogP contribution in [0.25, 0.3) is 11.5 Å². The largest absolute Gasteiger partial charge is 0.496 e. The molecule has 0 bridgehead atoms. The van der Waals surface area contributed by atoms with E-state index in [1.165, 1.54) is 0 Å². The molecule has 1 fully saturated rings. The number of hydrogen-bond acceptors (Lipinski definition) is 5. The number of oxazole rings is 1. The third-order valence-electron chi connectivity index (χ3n) is 5.75. The minimum Gasteiger partial charge on any atom is -0.496 e. The van der Waals surface area contributed by atoms with Gasteiger partial charge in [-0.25, -0.2) is 4.98 Å². The van der Waals surface area contributed by atoms with Crippen molar-refractivity contribution in [1.82, 2.24) is 14.8 Å². The lowest BCUT2D eigenvalue weighted by Gasteiger charge is -2.23. The first-order chi connectivity index (χ1) is 12.8. The van der Waals surface area contributed by atoms with Gasteiger partial charge in [-0.1, -0.05) is 0 Å². The molecule has 2 heterocycles. The molecule has 1 atom stereocenters. The number of nitrogens with zero attached hydrogens (tertiary/aromatic N) is 3. The number of ether oxygens (including phenoxy) is 1. The van der Waals surface area contributed by atoms with Gasteiger partial charge < -0.3 is 14.1 Å². The van der Waals surface area contributed by atoms with E-state index in [1.807, 2.05) is 37.9 Å². The molecule has 146 valence electrons. The third-order valence-corrected chi connectivity index (χ3v) is 5.75. The molecular weight excluding hydrogens is 342 g/mol. The van der Waals surface area contributed by atoms with Gasteiger partial charge in [0.15, 0.2) is 0 Å². The van der Waals surface area contributed by atoms with Gasteiger partial charge in [-0.3, -0.25) is 9.69 Å². The van der Waals surface area contributed by atoms with Crippen LogP contribution in [0.1, 0.15) is 35.9 Å². The number of aryl methyl sites for hydroxylation is 1. The number of amides is 1. The molecule has 0 saturated carbocycles. The highest BCUT2D eigenvalue weighted by atomic mass is 16.5. The molecule has 0 radical (unpaired) electrons. The van der Waals surface area contributed by atoms with Gasteiger partial charge >= 0.3 is 0 Å². The topological polar surface area (TPSA) is 58.8 Å². The Kier molecular flexibility index (Phi) is 5.56. The molecule has 0 aliphatic carbocycles. The van der Waals surface area contributed by atoms with E-state index in [0.29, 0.717) is 5.89 Å². The summed E-state index contributed by atoms with van der Waals surface area (Å²) in [5.41, 5.74) is 4.18. The van der Waals surface area contributed by atoms with Crippen molar-refractivity contribution in [1.29, 1.82) is 0 Å². The lowest BCUT2D eigenvalue weighted by molar-refractivity contribution is -0.129. The number of benzene rings is 1. The summed E-state index contributed by atoms with van der Waals surface area (Å²) in [6.45, 7) is 10.3. The first-order valence-corrected chi connectivity index (χ1v) is 9.38. The molecule has 1 aliphatic heterocycles. The molecule has 27 heavy (non-hydrogen) atoms. The zero-order valence-electron chi connectivity index (χ0n) is 17.1. The summed E-state index contributed by atoms with van der Waals surface area (Å²) in [5, 5.41) is 0. The lowest BCUT2D eigenvalue weighted by Crippen LogP contribution is -2.37. The van der Waals surface area contributed by atoms with Crippen LogP contribution in [0.3, 0.4) is 0 Å². The molecule has 1 aliphatic rings. The zero-order valence-corrected chi connectivity index (χ0v) is 17.1. The van der Waals surface area contributed by atoms with E-state index < -0.39 is 0 Å². The molecule has 1 saturated heterocycles. The normalized spacial score (nSPS) is 17.3. The standard InChI is InChI=1S/C21H29N3O3/c1-13-14(2)20(26-6)8-7-18(13)21-22-19(15(3)27-21)12-24-10-9-17(11-24)23(5)16(4)25/h7-8,17H,9-12H2,1-6H3/t17-/m1/s1. The smallest absolute Gasteiger partial charge is 0.226 e. The van der Waals surface area contributed by atoms with Gasteiger partial charge in [0.1, 0.15) is 11.5 Å². The van der Waals surface area contributed by atoms with Crippen molar-refractivity contribution in [2.45, 2.75) is 46.7 Å². The van der Waals surface area contributed by atoms with Crippen LogP contribution in [0.4, 0.5) is 0 Å². The Balaban J connectivity index is 1.76. The van der Waals surface area contributed by atoms with Gasteiger partial charge in [0, 0.05) is 45.2 Å². The van der Waals surface area contributed by atoms with Gasteiger partial charge in [-0.05, 0) is 50.5 Å². The first kappa shape index (κ1) is 19.4. The maximum atomic E-state index is 11.6. The molecule has 2 aromatic rings. The number of carbonyl (C=O) groups excluding carboxylic acids is 1. The van der Waals surface area contributed by atoms with E-state index in [9.17, 15) is 4.79 Å². The van der Waals surface area contributed by atoms with E-state index in [1.54, 1.807) is 14.0 Å². The molecule has 1 aromatic heterocycles. The average Bonchev–Trinajstić information content (AvgIpc) is 3.24. The van der Waals surface area contributed by atoms with Crippen molar-refractivity contribution < 1.29 is 13.9 Å². The maximum absolute atomic E-state index is 11.6. The van der Waals surface area contributed by atoms with E-state index in [-0.39, 0.29) is 11.9 Å². The van der Waals surface area contributed by atoms with Crippen molar-refractivity contribution >= 4 is 5.91 Å². The fourth-order valence-electron chi connectivity index (χ4n) is 3.68. The predicted octanol–water partition coefficient (Wildman–Crippen LogP) is 3.33. The highest BCUT2D eigenvalue weighted by Gasteiger charge is 2.28. The summed E-state index contributed by atoms with van der Waals surface area (Å²) < 4.78 is 11.4. The van der Waals surface area contributed by atoms with E-state index in [4.69, 9.17) is 14.1 Å². The van der Waals surface area contributed by atoms with E-state index in [2.05, 4.69) is 11.8 Å². The van der Waals surface area contributed by atoms with Gasteiger partial charge in [-0.2, -0.15) is 0 Å². The van der Waals surface area contributed by atoms with E-state index in [0.717, 1.165) is 59.9 Å². The Morgan fingerprint density at radius 2 is 2.07 bits per heavy atom. The van der Waals surface area contributed by atoms with Crippen molar-refractivity contribution in [2.24, 2.45) is 0 Å². The molecule has 0 unspecified atom stereocenters. The molecule has 1 amide bonds. The van der Waals surface area contributed by atoms with Crippen LogP contribution in [0.5, 0.6) is 5.75 Å². The summed E-state index contributed by atoms with van der Waals surface area (Å²) in [7, 11) is 3.56. The summed E-state index contributed by atoms with van der Waals surface area (Å²) in [6, 6.07) is 4.24. The van der Waals surface area contributed by atoms with E-state index >= 15 is 0 Å². The summed E-state index contributed by atoms with van der Waals surface area (Å²) in [6.07, 6.45) is 0.997. The third kappa shape index (κ3) is 3.86. The summed E-state index contributed by atoms with van der Waals surface area (Å²) in [5.74, 6) is 2.49. The molecule has 1 aromatic carbocycles. The summed E-state index contributed by atoms with van der Waals surface area (Å²) in [4.78, 5) is 20.5. The van der Waals surface area contributed by atoms with Crippen LogP contribution in [0, 0.1) is 20.8 Å². The second kappa shape index (κ2) is 7.72. The highest BCUT2D eigenvalue weighted by Crippen LogP contribution is 2.32. The van der Waals surface area contributed by atoms with Crippen LogP contribution >= 0.6 is 0 Å². The van der Waals surface area contributed by atoms with Crippen molar-refractivity contribution in [3.05, 3.63) is 34.7 Å². The number of rotatable bonds is 5. The number of likely N-dealkylation sites (tertiary alicyclic amines) is 1. The van der Waals surface area contributed by atoms with Gasteiger partial charge in [-0.15, -0.1) is 0 Å². The lowest BCUT2D eigenvalue weighted by atomic mass is 10.0. The van der Waals surface area contributed by atoms with Crippen molar-refractivity contribution in [2.75, 3.05) is 27.2 Å². The Labute approximate surface area is 161 Å². The van der Waals surface area contributed by atoms with Crippen LogP contribution in [-0.2, 0) is 11.3 Å². The number of hydrogen-bond donors (Lipinski definition) is 0. The fourth-order valence-corrected chi connectivity index (χ4v) is 3.68. The number of likely N-dealkylation sites (N-methyl/N-ethyl adjacent to an activating group) is 1. The van der Waals surface area contributed by atoms with Crippen LogP contribution in [0.2, 0.25) is 0 Å². The van der Waals surface area contributed by atoms with Crippen molar-refractivity contribution in [3.8, 4) is 17.2 Å². The number of carbonyl (C=O) groups is 1. The zero-order chi connectivity index (χ0) is 19.7. The number of aromatic nitrogens is 1. The Morgan fingerprint density at radius 1 is 1.33 bits per heavy atom. The van der Waals surface area contributed by atoms with Gasteiger partial charge in [0.25, 0.3) is 0 Å². The maximum Gasteiger partial charge on any atom is 0.226 e. The molecular formula is C21H29N3O3. The highest BCUT2D eigenvalue weighted by molar-refractivity contribution is 5.73. The average molecular weight is 371 g/mol. The molecule has 0 N–H and O–H groups in total. The van der Waals surface area contributed by atoms with Crippen LogP contribution < -0.4 is 4.74 Å². The van der Waals surface area contributed by atoms with Crippen molar-refractivity contribution in [3.63, 3.8) is 0 Å². The molecule has 0 spiro atoms. The SMILES string of the molecule is COc1ccc(-c2nc(CN3CC[C@@H](N(C)C(C)=O)C3)c(C)o2)c(C)c1C. The minimum atomic E-state index is 0.118. The van der Waals surface area contributed by atoms with Gasteiger partial charge in [0.2, 0.25) is 11.8 Å². The second-order valence-corrected chi connectivity index (χ2v) is 7.39. The van der Waals surface area contributed by atoms with Crippen LogP contribution in [0.15, 0.2) is 16.5 Å². The fraction of sp³-hybridized carbons (Fsp3) is 0.524. The second-order valence-electron chi connectivity index (χ2n) is 7.39. The molecule has 6 heteroatoms. The Morgan fingerprint density at radius 3 is 2.74 bits per heavy atom. The molecule has 6 nitrogen and oxygen atoms in total. The van der Waals surface area contributed by atoms with Gasteiger partial charge in [0.05, 0.1) is 12.8 Å². The first-order valence-electron chi connectivity index (χ1n) is 9.38. The Bertz CT molecular complexity index is 843.